The first kappa shape index (κ1) is 22.5. The number of nitrogens with one attached hydrogen (secondary N) is 2. The third kappa shape index (κ3) is 5.37. The van der Waals surface area contributed by atoms with Gasteiger partial charge in [-0.15, -0.1) is 0 Å². The Morgan fingerprint density at radius 3 is 2.47 bits per heavy atom. The van der Waals surface area contributed by atoms with Crippen LogP contribution in [0.3, 0.4) is 0 Å². The van der Waals surface area contributed by atoms with Crippen LogP contribution in [0.5, 0.6) is 0 Å². The number of benzene rings is 3. The van der Waals surface area contributed by atoms with Crippen LogP contribution in [-0.2, 0) is 26.2 Å². The van der Waals surface area contributed by atoms with E-state index in [0.717, 1.165) is 33.7 Å². The summed E-state index contributed by atoms with van der Waals surface area (Å²) in [4.78, 5) is 25.0. The van der Waals surface area contributed by atoms with Gasteiger partial charge in [0.1, 0.15) is 0 Å². The smallest absolute Gasteiger partial charge is 0.239 e. The van der Waals surface area contributed by atoms with Crippen LogP contribution in [0.1, 0.15) is 24.0 Å². The Kier molecular flexibility index (Phi) is 7.22. The normalized spacial score (nSPS) is 15.3. The van der Waals surface area contributed by atoms with Gasteiger partial charge in [0.2, 0.25) is 11.8 Å². The minimum atomic E-state index is -0.183. The molecule has 0 spiro atoms. The van der Waals surface area contributed by atoms with Gasteiger partial charge in [-0.25, -0.2) is 0 Å². The number of halogens is 1. The molecule has 166 valence electrons. The Labute approximate surface area is 196 Å². The van der Waals surface area contributed by atoms with E-state index in [1.165, 1.54) is 5.56 Å². The van der Waals surface area contributed by atoms with Crippen molar-refractivity contribution in [3.05, 3.63) is 82.3 Å². The predicted octanol–water partition coefficient (Wildman–Crippen LogP) is 4.13. The molecule has 32 heavy (non-hydrogen) atoms. The Hall–Kier alpha value is -2.70. The van der Waals surface area contributed by atoms with E-state index in [0.29, 0.717) is 19.8 Å². The van der Waals surface area contributed by atoms with Crippen LogP contribution in [0, 0.1) is 0 Å². The van der Waals surface area contributed by atoms with Crippen molar-refractivity contribution in [3.63, 3.8) is 0 Å². The van der Waals surface area contributed by atoms with E-state index >= 15 is 0 Å². The van der Waals surface area contributed by atoms with Crippen molar-refractivity contribution < 1.29 is 14.3 Å². The zero-order valence-corrected chi connectivity index (χ0v) is 19.5. The van der Waals surface area contributed by atoms with Gasteiger partial charge < -0.3 is 15.4 Å². The van der Waals surface area contributed by atoms with Crippen LogP contribution in [0.2, 0.25) is 0 Å². The number of hydrogen-bond donors (Lipinski definition) is 2. The summed E-state index contributed by atoms with van der Waals surface area (Å²) >= 11 is 3.55. The Bertz CT molecular complexity index is 1100. The molecule has 3 aromatic rings. The lowest BCUT2D eigenvalue weighted by Crippen LogP contribution is -2.47. The molecule has 2 amide bonds. The maximum atomic E-state index is 12.5. The monoisotopic (exact) mass is 494 g/mol. The minimum Gasteiger partial charge on any atom is -0.381 e. The summed E-state index contributed by atoms with van der Waals surface area (Å²) in [5.41, 5.74) is 1.98. The van der Waals surface area contributed by atoms with Crippen molar-refractivity contribution in [2.24, 2.45) is 0 Å². The molecule has 1 saturated heterocycles. The molecule has 0 saturated carbocycles. The summed E-state index contributed by atoms with van der Waals surface area (Å²) in [5, 5.41) is 7.96. The lowest BCUT2D eigenvalue weighted by atomic mass is 9.74. The molecule has 0 unspecified atom stereocenters. The summed E-state index contributed by atoms with van der Waals surface area (Å²) in [6.07, 6.45) is 1.93. The lowest BCUT2D eigenvalue weighted by Gasteiger charge is -2.38. The molecule has 4 rings (SSSR count). The molecular formula is C26H27BrN2O3. The third-order valence-electron chi connectivity index (χ3n) is 6.19. The van der Waals surface area contributed by atoms with Crippen LogP contribution in [0.15, 0.2) is 71.2 Å². The number of carbonyl (C=O) groups excluding carboxylic acids is 2. The fourth-order valence-corrected chi connectivity index (χ4v) is 4.74. The van der Waals surface area contributed by atoms with Gasteiger partial charge in [0.15, 0.2) is 0 Å². The maximum absolute atomic E-state index is 12.5. The van der Waals surface area contributed by atoms with Crippen molar-refractivity contribution in [1.82, 2.24) is 10.6 Å². The topological polar surface area (TPSA) is 67.4 Å². The number of rotatable bonds is 7. The molecule has 5 nitrogen and oxygen atoms in total. The maximum Gasteiger partial charge on any atom is 0.239 e. The first-order valence-corrected chi connectivity index (χ1v) is 11.7. The fourth-order valence-electron chi connectivity index (χ4n) is 4.34. The van der Waals surface area contributed by atoms with Gasteiger partial charge >= 0.3 is 0 Å². The van der Waals surface area contributed by atoms with Gasteiger partial charge in [-0.05, 0) is 46.9 Å². The Morgan fingerprint density at radius 2 is 1.66 bits per heavy atom. The van der Waals surface area contributed by atoms with Crippen LogP contribution >= 0.6 is 15.9 Å². The molecule has 3 aromatic carbocycles. The highest BCUT2D eigenvalue weighted by Gasteiger charge is 2.35. The molecule has 0 aliphatic carbocycles. The summed E-state index contributed by atoms with van der Waals surface area (Å²) in [6, 6.07) is 22.2. The summed E-state index contributed by atoms with van der Waals surface area (Å²) in [5.74, 6) is -0.346. The van der Waals surface area contributed by atoms with Gasteiger partial charge in [-0.3, -0.25) is 9.59 Å². The van der Waals surface area contributed by atoms with E-state index in [-0.39, 0.29) is 30.2 Å². The highest BCUT2D eigenvalue weighted by molar-refractivity contribution is 9.10. The molecule has 0 atom stereocenters. The fraction of sp³-hybridized carbons (Fsp3) is 0.308. The zero-order chi connectivity index (χ0) is 22.4. The quantitative estimate of drug-likeness (QED) is 0.518. The van der Waals surface area contributed by atoms with Gasteiger partial charge in [0, 0.05) is 29.6 Å². The number of hydrogen-bond acceptors (Lipinski definition) is 3. The van der Waals surface area contributed by atoms with Crippen LogP contribution in [0.4, 0.5) is 0 Å². The molecule has 6 heteroatoms. The molecule has 1 fully saturated rings. The molecule has 1 aliphatic heterocycles. The third-order valence-corrected chi connectivity index (χ3v) is 6.68. The average molecular weight is 495 g/mol. The van der Waals surface area contributed by atoms with Crippen LogP contribution < -0.4 is 10.6 Å². The second-order valence-corrected chi connectivity index (χ2v) is 9.19. The Balaban J connectivity index is 1.33. The Morgan fingerprint density at radius 1 is 0.906 bits per heavy atom. The van der Waals surface area contributed by atoms with E-state index in [1.54, 1.807) is 0 Å². The highest BCUT2D eigenvalue weighted by atomic mass is 79.9. The summed E-state index contributed by atoms with van der Waals surface area (Å²) in [7, 11) is 0. The highest BCUT2D eigenvalue weighted by Crippen LogP contribution is 2.35. The zero-order valence-electron chi connectivity index (χ0n) is 17.9. The van der Waals surface area contributed by atoms with E-state index in [4.69, 9.17) is 4.74 Å². The predicted molar refractivity (Wildman–Crippen MR) is 130 cm³/mol. The largest absolute Gasteiger partial charge is 0.381 e. The second kappa shape index (κ2) is 10.3. The number of ether oxygens (including phenoxy) is 1. The van der Waals surface area contributed by atoms with Crippen molar-refractivity contribution in [3.8, 4) is 0 Å². The molecule has 0 radical (unpaired) electrons. The lowest BCUT2D eigenvalue weighted by molar-refractivity contribution is -0.126. The van der Waals surface area contributed by atoms with Gasteiger partial charge in [-0.1, -0.05) is 70.5 Å². The van der Waals surface area contributed by atoms with Crippen LogP contribution in [-0.4, -0.2) is 38.1 Å². The molecular weight excluding hydrogens is 468 g/mol. The molecule has 2 N–H and O–H groups in total. The second-order valence-electron chi connectivity index (χ2n) is 8.27. The number of fused-ring (bicyclic) bond motifs is 1. The summed E-state index contributed by atoms with van der Waals surface area (Å²) in [6.45, 7) is 1.83. The van der Waals surface area contributed by atoms with Gasteiger partial charge in [0.25, 0.3) is 0 Å². The minimum absolute atomic E-state index is 0.0331. The van der Waals surface area contributed by atoms with Gasteiger partial charge in [0.05, 0.1) is 13.0 Å². The van der Waals surface area contributed by atoms with E-state index in [9.17, 15) is 9.59 Å². The first-order chi connectivity index (χ1) is 15.6. The number of carbonyl (C=O) groups is 2. The molecule has 0 bridgehead atoms. The summed E-state index contributed by atoms with van der Waals surface area (Å²) < 4.78 is 6.59. The van der Waals surface area contributed by atoms with E-state index in [2.05, 4.69) is 38.7 Å². The molecule has 0 aromatic heterocycles. The van der Waals surface area contributed by atoms with E-state index in [1.807, 2.05) is 54.6 Å². The first-order valence-electron chi connectivity index (χ1n) is 10.9. The SMILES string of the molecule is O=C(CNC(=O)Cc1cccc2ccccc12)NCC1(c2cccc(Br)c2)CCOCC1. The standard InChI is InChI=1S/C26H27BrN2O3/c27-22-9-4-8-21(16-22)26(11-13-32-14-12-26)18-29-25(31)17-28-24(30)15-20-7-3-6-19-5-1-2-10-23(19)20/h1-10,16H,11-15,17-18H2,(H,28,30)(H,29,31). The molecule has 1 heterocycles. The van der Waals surface area contributed by atoms with E-state index < -0.39 is 0 Å². The average Bonchev–Trinajstić information content (AvgIpc) is 2.82. The molecule has 1 aliphatic rings. The van der Waals surface area contributed by atoms with Crippen molar-refractivity contribution in [2.75, 3.05) is 26.3 Å². The number of amides is 2. The van der Waals surface area contributed by atoms with Crippen molar-refractivity contribution in [2.45, 2.75) is 24.7 Å². The van der Waals surface area contributed by atoms with Crippen LogP contribution in [0.25, 0.3) is 10.8 Å². The van der Waals surface area contributed by atoms with Crippen molar-refractivity contribution in [1.29, 1.82) is 0 Å². The van der Waals surface area contributed by atoms with Gasteiger partial charge in [-0.2, -0.15) is 0 Å². The van der Waals surface area contributed by atoms with Crippen molar-refractivity contribution >= 4 is 38.5 Å².